The van der Waals surface area contributed by atoms with Crippen molar-refractivity contribution in [1.29, 1.82) is 0 Å². The third kappa shape index (κ3) is 4.65. The van der Waals surface area contributed by atoms with Crippen LogP contribution in [0.5, 0.6) is 0 Å². The molecule has 0 fully saturated rings. The van der Waals surface area contributed by atoms with E-state index in [9.17, 15) is 13.2 Å². The number of hydrogen-bond acceptors (Lipinski definition) is 2. The van der Waals surface area contributed by atoms with Gasteiger partial charge in [0.25, 0.3) is 0 Å². The van der Waals surface area contributed by atoms with E-state index >= 15 is 0 Å². The second kappa shape index (κ2) is 5.72. The molecule has 5 heteroatoms. The van der Waals surface area contributed by atoms with E-state index in [-0.39, 0.29) is 0 Å². The van der Waals surface area contributed by atoms with E-state index in [0.29, 0.717) is 6.17 Å². The molecule has 0 amide bonds. The van der Waals surface area contributed by atoms with Crippen molar-refractivity contribution in [1.82, 2.24) is 9.80 Å². The zero-order chi connectivity index (χ0) is 10.4. The first kappa shape index (κ1) is 12.1. The Balaban J connectivity index is 0.000000310. The van der Waals surface area contributed by atoms with Crippen molar-refractivity contribution in [3.63, 3.8) is 0 Å². The predicted molar refractivity (Wildman–Crippen MR) is 45.9 cm³/mol. The summed E-state index contributed by atoms with van der Waals surface area (Å²) < 4.78 is 29.0. The van der Waals surface area contributed by atoms with Crippen LogP contribution in [0, 0.1) is 0 Å². The predicted octanol–water partition coefficient (Wildman–Crippen LogP) is 2.25. The summed E-state index contributed by atoms with van der Waals surface area (Å²) in [6, 6.07) is 0. The largest absolute Gasteiger partial charge is 0.379 e. The summed E-state index contributed by atoms with van der Waals surface area (Å²) in [7, 11) is 2.09. The molecular formula is C8H15F3N2. The smallest absolute Gasteiger partial charge is 0.359 e. The molecule has 0 aromatic carbocycles. The van der Waals surface area contributed by atoms with E-state index in [2.05, 4.69) is 43.1 Å². The van der Waals surface area contributed by atoms with Gasteiger partial charge in [0.15, 0.2) is 0 Å². The third-order valence-electron chi connectivity index (χ3n) is 1.93. The molecule has 0 N–H and O–H groups in total. The highest BCUT2D eigenvalue weighted by molar-refractivity contribution is 4.92. The molecule has 1 atom stereocenters. The molecule has 1 rings (SSSR count). The molecule has 0 saturated carbocycles. The molecular weight excluding hydrogens is 181 g/mol. The molecule has 0 aromatic heterocycles. The lowest BCUT2D eigenvalue weighted by molar-refractivity contribution is 0.00819. The van der Waals surface area contributed by atoms with Gasteiger partial charge in [-0.15, -0.1) is 0 Å². The van der Waals surface area contributed by atoms with Crippen molar-refractivity contribution in [2.24, 2.45) is 0 Å². The van der Waals surface area contributed by atoms with Crippen molar-refractivity contribution >= 4 is 0 Å². The van der Waals surface area contributed by atoms with Crippen LogP contribution < -0.4 is 0 Å². The normalized spacial score (nSPS) is 20.7. The lowest BCUT2D eigenvalue weighted by Gasteiger charge is -2.25. The summed E-state index contributed by atoms with van der Waals surface area (Å²) in [5.41, 5.74) is 0. The molecule has 1 aliphatic heterocycles. The summed E-state index contributed by atoms with van der Waals surface area (Å²) >= 11 is 0. The molecule has 0 radical (unpaired) electrons. The van der Waals surface area contributed by atoms with Crippen LogP contribution in [0.1, 0.15) is 13.8 Å². The minimum absolute atomic E-state index is 0.551. The van der Waals surface area contributed by atoms with E-state index in [1.54, 1.807) is 0 Å². The van der Waals surface area contributed by atoms with Crippen LogP contribution in [0.25, 0.3) is 0 Å². The van der Waals surface area contributed by atoms with Crippen LogP contribution in [-0.4, -0.2) is 36.2 Å². The molecule has 0 spiro atoms. The number of hydrogen-bond donors (Lipinski definition) is 0. The maximum Gasteiger partial charge on any atom is 0.379 e. The van der Waals surface area contributed by atoms with Crippen molar-refractivity contribution in [2.75, 3.05) is 13.6 Å². The Bertz CT molecular complexity index is 159. The van der Waals surface area contributed by atoms with Crippen molar-refractivity contribution in [3.8, 4) is 0 Å². The van der Waals surface area contributed by atoms with Gasteiger partial charge in [0.2, 0.25) is 0 Å². The molecule has 1 heterocycles. The molecule has 0 aromatic rings. The quantitative estimate of drug-likeness (QED) is 0.634. The van der Waals surface area contributed by atoms with Crippen LogP contribution in [0.4, 0.5) is 13.2 Å². The van der Waals surface area contributed by atoms with Gasteiger partial charge < -0.3 is 9.80 Å². The zero-order valence-corrected chi connectivity index (χ0v) is 8.04. The average Bonchev–Trinajstić information content (AvgIpc) is 2.32. The molecule has 0 bridgehead atoms. The standard InChI is InChI=1S/C7H14N2.CHF3/c1-4-9-6-5-8(3)7(9)2;2-1(3)4/h5-7H,4H2,1-3H3;1H. The van der Waals surface area contributed by atoms with Gasteiger partial charge in [-0.2, -0.15) is 13.2 Å². The minimum Gasteiger partial charge on any atom is -0.359 e. The Morgan fingerprint density at radius 2 is 1.77 bits per heavy atom. The first-order valence-corrected chi connectivity index (χ1v) is 4.07. The highest BCUT2D eigenvalue weighted by Crippen LogP contribution is 2.11. The summed E-state index contributed by atoms with van der Waals surface area (Å²) in [6.45, 7) is 1.80. The van der Waals surface area contributed by atoms with Gasteiger partial charge in [0.1, 0.15) is 0 Å². The van der Waals surface area contributed by atoms with Gasteiger partial charge in [-0.25, -0.2) is 0 Å². The van der Waals surface area contributed by atoms with Crippen LogP contribution >= 0.6 is 0 Å². The van der Waals surface area contributed by atoms with Crippen molar-refractivity contribution in [2.45, 2.75) is 26.7 Å². The summed E-state index contributed by atoms with van der Waals surface area (Å²) in [6.07, 6.45) is 4.79. The first-order chi connectivity index (χ1) is 5.99. The Hall–Kier alpha value is -0.870. The molecule has 1 unspecified atom stereocenters. The molecule has 0 saturated heterocycles. The second-order valence-corrected chi connectivity index (χ2v) is 2.67. The number of rotatable bonds is 1. The molecule has 13 heavy (non-hydrogen) atoms. The Kier molecular flexibility index (Phi) is 5.34. The fraction of sp³-hybridized carbons (Fsp3) is 0.750. The topological polar surface area (TPSA) is 6.48 Å². The minimum atomic E-state index is -3.67. The monoisotopic (exact) mass is 196 g/mol. The van der Waals surface area contributed by atoms with Gasteiger partial charge in [0.05, 0.1) is 6.17 Å². The van der Waals surface area contributed by atoms with Crippen molar-refractivity contribution in [3.05, 3.63) is 12.4 Å². The van der Waals surface area contributed by atoms with Crippen molar-refractivity contribution < 1.29 is 13.2 Å². The lowest BCUT2D eigenvalue weighted by atomic mass is 10.5. The van der Waals surface area contributed by atoms with Gasteiger partial charge in [0, 0.05) is 26.0 Å². The number of nitrogens with zero attached hydrogens (tertiary/aromatic N) is 2. The Morgan fingerprint density at radius 1 is 1.31 bits per heavy atom. The van der Waals surface area contributed by atoms with Crippen LogP contribution in [0.15, 0.2) is 12.4 Å². The number of alkyl halides is 3. The summed E-state index contributed by atoms with van der Waals surface area (Å²) in [5, 5.41) is 0. The zero-order valence-electron chi connectivity index (χ0n) is 8.04. The van der Waals surface area contributed by atoms with E-state index in [1.165, 1.54) is 0 Å². The van der Waals surface area contributed by atoms with Gasteiger partial charge in [-0.1, -0.05) is 0 Å². The highest BCUT2D eigenvalue weighted by atomic mass is 19.4. The van der Waals surface area contributed by atoms with E-state index in [1.807, 2.05) is 0 Å². The second-order valence-electron chi connectivity index (χ2n) is 2.67. The maximum absolute atomic E-state index is 9.67. The fourth-order valence-corrected chi connectivity index (χ4v) is 1.04. The van der Waals surface area contributed by atoms with Gasteiger partial charge >= 0.3 is 6.68 Å². The Labute approximate surface area is 76.6 Å². The molecule has 1 aliphatic rings. The highest BCUT2D eigenvalue weighted by Gasteiger charge is 2.15. The average molecular weight is 196 g/mol. The van der Waals surface area contributed by atoms with E-state index in [4.69, 9.17) is 0 Å². The van der Waals surface area contributed by atoms with Crippen LogP contribution in [0.3, 0.4) is 0 Å². The summed E-state index contributed by atoms with van der Waals surface area (Å²) in [5.74, 6) is 0. The van der Waals surface area contributed by atoms with Crippen LogP contribution in [-0.2, 0) is 0 Å². The van der Waals surface area contributed by atoms with Gasteiger partial charge in [-0.3, -0.25) is 0 Å². The summed E-state index contributed by atoms with van der Waals surface area (Å²) in [4.78, 5) is 4.49. The molecule has 78 valence electrons. The third-order valence-corrected chi connectivity index (χ3v) is 1.93. The molecule has 2 nitrogen and oxygen atoms in total. The maximum atomic E-state index is 9.67. The number of halogens is 3. The van der Waals surface area contributed by atoms with E-state index in [0.717, 1.165) is 6.54 Å². The Morgan fingerprint density at radius 3 is 1.92 bits per heavy atom. The molecule has 0 aliphatic carbocycles. The van der Waals surface area contributed by atoms with Gasteiger partial charge in [-0.05, 0) is 13.8 Å². The first-order valence-electron chi connectivity index (χ1n) is 4.07. The van der Waals surface area contributed by atoms with Crippen LogP contribution in [0.2, 0.25) is 0 Å². The van der Waals surface area contributed by atoms with E-state index < -0.39 is 6.68 Å². The lowest BCUT2D eigenvalue weighted by Crippen LogP contribution is -2.33. The fourth-order valence-electron chi connectivity index (χ4n) is 1.04. The SMILES string of the molecule is CCN1C=CN(C)C1C.FC(F)F.